The molecule has 0 aliphatic heterocycles. The Hall–Kier alpha value is -0.520. The van der Waals surface area contributed by atoms with Crippen LogP contribution in [0.1, 0.15) is 33.6 Å². The van der Waals surface area contributed by atoms with E-state index >= 15 is 0 Å². The summed E-state index contributed by atoms with van der Waals surface area (Å²) in [7, 11) is 0. The van der Waals surface area contributed by atoms with Crippen molar-refractivity contribution in [1.29, 1.82) is 0 Å². The lowest BCUT2D eigenvalue weighted by molar-refractivity contribution is 0.121. The molecule has 1 saturated carbocycles. The molecule has 1 aromatic heterocycles. The van der Waals surface area contributed by atoms with Gasteiger partial charge in [0.25, 0.3) is 0 Å². The monoisotopic (exact) mass is 333 g/mol. The van der Waals surface area contributed by atoms with Crippen LogP contribution in [0.4, 0.5) is 0 Å². The minimum atomic E-state index is -0.219. The van der Waals surface area contributed by atoms with Crippen LogP contribution in [0.25, 0.3) is 0 Å². The minimum absolute atomic E-state index is 0.219. The molecule has 0 aromatic carbocycles. The Balaban J connectivity index is 2.24. The first-order valence-corrected chi connectivity index (χ1v) is 6.53. The van der Waals surface area contributed by atoms with Crippen molar-refractivity contribution >= 4 is 22.6 Å². The van der Waals surface area contributed by atoms with Crippen molar-refractivity contribution in [3.05, 3.63) is 16.0 Å². The number of hydrogen-bond acceptors (Lipinski definition) is 3. The van der Waals surface area contributed by atoms with E-state index in [-0.39, 0.29) is 5.60 Å². The van der Waals surface area contributed by atoms with Crippen molar-refractivity contribution in [2.75, 3.05) is 0 Å². The van der Waals surface area contributed by atoms with E-state index < -0.39 is 0 Å². The summed E-state index contributed by atoms with van der Waals surface area (Å²) in [4.78, 5) is 4.14. The second-order valence-electron chi connectivity index (χ2n) is 4.98. The van der Waals surface area contributed by atoms with Crippen molar-refractivity contribution in [2.24, 2.45) is 0 Å². The maximum Gasteiger partial charge on any atom is 0.180 e. The Morgan fingerprint density at radius 1 is 1.31 bits per heavy atom. The van der Waals surface area contributed by atoms with Gasteiger partial charge in [0.1, 0.15) is 5.60 Å². The lowest BCUT2D eigenvalue weighted by atomic mass is 10.2. The molecule has 0 atom stereocenters. The van der Waals surface area contributed by atoms with Crippen molar-refractivity contribution in [1.82, 2.24) is 4.98 Å². The minimum Gasteiger partial charge on any atom is -0.485 e. The summed E-state index contributed by atoms with van der Waals surface area (Å²) in [6, 6.07) is 0. The van der Waals surface area contributed by atoms with Gasteiger partial charge in [-0.2, -0.15) is 0 Å². The van der Waals surface area contributed by atoms with Gasteiger partial charge >= 0.3 is 0 Å². The van der Waals surface area contributed by atoms with Gasteiger partial charge < -0.3 is 9.47 Å². The van der Waals surface area contributed by atoms with Crippen molar-refractivity contribution in [3.8, 4) is 11.5 Å². The summed E-state index contributed by atoms with van der Waals surface area (Å²) in [5.41, 5.74) is -0.219. The molecule has 1 fully saturated rings. The molecular weight excluding hydrogens is 317 g/mol. The quantitative estimate of drug-likeness (QED) is 0.795. The Morgan fingerprint density at radius 2 is 2.00 bits per heavy atom. The second-order valence-corrected chi connectivity index (χ2v) is 6.14. The predicted molar refractivity (Wildman–Crippen MR) is 71.0 cm³/mol. The van der Waals surface area contributed by atoms with Gasteiger partial charge in [0, 0.05) is 6.20 Å². The lowest BCUT2D eigenvalue weighted by Gasteiger charge is -2.23. The molecule has 0 N–H and O–H groups in total. The first kappa shape index (κ1) is 12.0. The highest BCUT2D eigenvalue weighted by Gasteiger charge is 2.27. The summed E-state index contributed by atoms with van der Waals surface area (Å²) in [6.45, 7) is 6.10. The van der Waals surface area contributed by atoms with E-state index in [1.54, 1.807) is 12.4 Å². The predicted octanol–water partition coefficient (Wildman–Crippen LogP) is 3.40. The summed E-state index contributed by atoms with van der Waals surface area (Å²) in [5, 5.41) is 0. The first-order chi connectivity index (χ1) is 7.46. The zero-order chi connectivity index (χ0) is 11.8. The molecule has 1 heterocycles. The standard InChI is InChI=1S/C12H16INO2/c1-12(2,3)16-11-9(13)6-14-7-10(11)15-8-4-5-8/h6-8H,4-5H2,1-3H3. The molecule has 0 saturated heterocycles. The summed E-state index contributed by atoms with van der Waals surface area (Å²) >= 11 is 2.23. The van der Waals surface area contributed by atoms with Crippen molar-refractivity contribution in [3.63, 3.8) is 0 Å². The maximum atomic E-state index is 5.92. The molecule has 0 bridgehead atoms. The zero-order valence-corrected chi connectivity index (χ0v) is 11.9. The van der Waals surface area contributed by atoms with Gasteiger partial charge in [-0.25, -0.2) is 0 Å². The Morgan fingerprint density at radius 3 is 2.56 bits per heavy atom. The second kappa shape index (κ2) is 4.39. The third-order valence-electron chi connectivity index (χ3n) is 2.05. The van der Waals surface area contributed by atoms with Gasteiger partial charge in [-0.05, 0) is 56.2 Å². The number of halogens is 1. The number of pyridine rings is 1. The average Bonchev–Trinajstić information content (AvgIpc) is 2.93. The van der Waals surface area contributed by atoms with E-state index in [4.69, 9.17) is 9.47 Å². The smallest absolute Gasteiger partial charge is 0.180 e. The third kappa shape index (κ3) is 3.23. The normalized spacial score (nSPS) is 16.0. The number of ether oxygens (including phenoxy) is 2. The van der Waals surface area contributed by atoms with Crippen molar-refractivity contribution < 1.29 is 9.47 Å². The molecule has 1 aliphatic rings. The fourth-order valence-electron chi connectivity index (χ4n) is 1.26. The van der Waals surface area contributed by atoms with Crippen LogP contribution >= 0.6 is 22.6 Å². The average molecular weight is 333 g/mol. The number of nitrogens with zero attached hydrogens (tertiary/aromatic N) is 1. The van der Waals surface area contributed by atoms with Crippen LogP contribution in [0.3, 0.4) is 0 Å². The first-order valence-electron chi connectivity index (χ1n) is 5.45. The van der Waals surface area contributed by atoms with Gasteiger partial charge in [0.05, 0.1) is 15.9 Å². The van der Waals surface area contributed by atoms with E-state index in [0.29, 0.717) is 6.10 Å². The van der Waals surface area contributed by atoms with Gasteiger partial charge in [-0.1, -0.05) is 0 Å². The molecule has 2 rings (SSSR count). The van der Waals surface area contributed by atoms with Crippen LogP contribution in [0, 0.1) is 3.57 Å². The van der Waals surface area contributed by atoms with Crippen LogP contribution in [0.15, 0.2) is 12.4 Å². The van der Waals surface area contributed by atoms with Gasteiger partial charge in [-0.15, -0.1) is 0 Å². The van der Waals surface area contributed by atoms with Crippen LogP contribution in [-0.4, -0.2) is 16.7 Å². The highest BCUT2D eigenvalue weighted by Crippen LogP contribution is 2.37. The Bertz CT molecular complexity index is 383. The fourth-order valence-corrected chi connectivity index (χ4v) is 1.80. The number of hydrogen-bond donors (Lipinski definition) is 0. The lowest BCUT2D eigenvalue weighted by Crippen LogP contribution is -2.24. The van der Waals surface area contributed by atoms with Gasteiger partial charge in [0.2, 0.25) is 0 Å². The molecule has 1 aromatic rings. The summed E-state index contributed by atoms with van der Waals surface area (Å²) in [6.07, 6.45) is 6.17. The van der Waals surface area contributed by atoms with Crippen LogP contribution < -0.4 is 9.47 Å². The molecule has 0 radical (unpaired) electrons. The van der Waals surface area contributed by atoms with Crippen molar-refractivity contribution in [2.45, 2.75) is 45.3 Å². The van der Waals surface area contributed by atoms with E-state index in [9.17, 15) is 0 Å². The number of aromatic nitrogens is 1. The largest absolute Gasteiger partial charge is 0.485 e. The summed E-state index contributed by atoms with van der Waals surface area (Å²) in [5.74, 6) is 1.58. The maximum absolute atomic E-state index is 5.92. The highest BCUT2D eigenvalue weighted by atomic mass is 127. The zero-order valence-electron chi connectivity index (χ0n) is 9.79. The topological polar surface area (TPSA) is 31.4 Å². The fraction of sp³-hybridized carbons (Fsp3) is 0.583. The molecule has 3 nitrogen and oxygen atoms in total. The van der Waals surface area contributed by atoms with E-state index in [0.717, 1.165) is 27.9 Å². The molecule has 0 amide bonds. The molecule has 1 aliphatic carbocycles. The summed E-state index contributed by atoms with van der Waals surface area (Å²) < 4.78 is 12.7. The third-order valence-corrected chi connectivity index (χ3v) is 2.82. The van der Waals surface area contributed by atoms with E-state index in [2.05, 4.69) is 27.6 Å². The molecule has 88 valence electrons. The van der Waals surface area contributed by atoms with Crippen LogP contribution in [0.2, 0.25) is 0 Å². The van der Waals surface area contributed by atoms with E-state index in [1.807, 2.05) is 20.8 Å². The van der Waals surface area contributed by atoms with Crippen LogP contribution in [0.5, 0.6) is 11.5 Å². The molecule has 0 spiro atoms. The van der Waals surface area contributed by atoms with Gasteiger partial charge in [-0.3, -0.25) is 4.98 Å². The Kier molecular flexibility index (Phi) is 3.28. The molecule has 0 unspecified atom stereocenters. The molecular formula is C12H16INO2. The van der Waals surface area contributed by atoms with E-state index in [1.165, 1.54) is 0 Å². The van der Waals surface area contributed by atoms with Gasteiger partial charge in [0.15, 0.2) is 11.5 Å². The highest BCUT2D eigenvalue weighted by molar-refractivity contribution is 14.1. The molecule has 16 heavy (non-hydrogen) atoms. The molecule has 4 heteroatoms. The van der Waals surface area contributed by atoms with Crippen LogP contribution in [-0.2, 0) is 0 Å². The Labute approximate surface area is 110 Å². The number of rotatable bonds is 3. The SMILES string of the molecule is CC(C)(C)Oc1c(I)cncc1OC1CC1.